The number of nitrogens with zero attached hydrogens (tertiary/aromatic N) is 1. The standard InChI is InChI=1S/C25H26N2O5/c1-31-24(29)19-14-22(27(15-19)25(30)32-16-17-8-3-2-4-9-17)23(28)26-21-13-7-11-18-10-5-6-12-20(18)21/h2-6,8-10,12,14,21-22H,7,11,13,15-16H2,1H3,(H,26,28)/t21-,22+/m1/s1. The molecular weight excluding hydrogens is 408 g/mol. The third kappa shape index (κ3) is 4.66. The van der Waals surface area contributed by atoms with Crippen LogP contribution in [0.1, 0.15) is 35.6 Å². The van der Waals surface area contributed by atoms with Gasteiger partial charge in [-0.25, -0.2) is 9.59 Å². The van der Waals surface area contributed by atoms with Gasteiger partial charge in [0.15, 0.2) is 0 Å². The van der Waals surface area contributed by atoms with E-state index in [1.807, 2.05) is 48.5 Å². The van der Waals surface area contributed by atoms with Crippen LogP contribution in [0.3, 0.4) is 0 Å². The number of ether oxygens (including phenoxy) is 2. The highest BCUT2D eigenvalue weighted by Crippen LogP contribution is 2.30. The van der Waals surface area contributed by atoms with Crippen LogP contribution in [0.4, 0.5) is 4.79 Å². The second-order valence-corrected chi connectivity index (χ2v) is 7.95. The van der Waals surface area contributed by atoms with Crippen molar-refractivity contribution in [3.05, 3.63) is 82.9 Å². The summed E-state index contributed by atoms with van der Waals surface area (Å²) in [4.78, 5) is 39.4. The number of carbonyl (C=O) groups excluding carboxylic acids is 3. The van der Waals surface area contributed by atoms with E-state index in [9.17, 15) is 14.4 Å². The molecule has 1 N–H and O–H groups in total. The number of methoxy groups -OCH3 is 1. The second kappa shape index (κ2) is 9.68. The number of amides is 2. The van der Waals surface area contributed by atoms with E-state index in [0.717, 1.165) is 30.4 Å². The Morgan fingerprint density at radius 3 is 2.59 bits per heavy atom. The van der Waals surface area contributed by atoms with Gasteiger partial charge in [0.1, 0.15) is 12.6 Å². The van der Waals surface area contributed by atoms with Crippen molar-refractivity contribution in [3.8, 4) is 0 Å². The average molecular weight is 434 g/mol. The van der Waals surface area contributed by atoms with Gasteiger partial charge in [0.25, 0.3) is 0 Å². The van der Waals surface area contributed by atoms with Gasteiger partial charge in [-0.3, -0.25) is 9.69 Å². The Balaban J connectivity index is 1.49. The van der Waals surface area contributed by atoms with Crippen molar-refractivity contribution in [2.75, 3.05) is 13.7 Å². The lowest BCUT2D eigenvalue weighted by Crippen LogP contribution is -2.47. The first-order valence-corrected chi connectivity index (χ1v) is 10.7. The molecule has 2 amide bonds. The molecule has 166 valence electrons. The van der Waals surface area contributed by atoms with E-state index in [0.29, 0.717) is 0 Å². The smallest absolute Gasteiger partial charge is 0.411 e. The maximum Gasteiger partial charge on any atom is 0.411 e. The lowest BCUT2D eigenvalue weighted by molar-refractivity contribution is -0.136. The zero-order valence-corrected chi connectivity index (χ0v) is 18.0. The molecule has 0 unspecified atom stereocenters. The van der Waals surface area contributed by atoms with Crippen LogP contribution in [0, 0.1) is 0 Å². The van der Waals surface area contributed by atoms with E-state index >= 15 is 0 Å². The van der Waals surface area contributed by atoms with Gasteiger partial charge < -0.3 is 14.8 Å². The summed E-state index contributed by atoms with van der Waals surface area (Å²) in [5, 5.41) is 3.07. The zero-order valence-electron chi connectivity index (χ0n) is 18.0. The predicted molar refractivity (Wildman–Crippen MR) is 117 cm³/mol. The summed E-state index contributed by atoms with van der Waals surface area (Å²) in [6, 6.07) is 16.3. The summed E-state index contributed by atoms with van der Waals surface area (Å²) in [7, 11) is 1.27. The molecule has 32 heavy (non-hydrogen) atoms. The lowest BCUT2D eigenvalue weighted by Gasteiger charge is -2.29. The minimum Gasteiger partial charge on any atom is -0.466 e. The molecule has 2 aliphatic rings. The molecule has 0 spiro atoms. The second-order valence-electron chi connectivity index (χ2n) is 7.95. The van der Waals surface area contributed by atoms with E-state index in [1.165, 1.54) is 23.6 Å². The average Bonchev–Trinajstić information content (AvgIpc) is 3.29. The molecule has 0 bridgehead atoms. The summed E-state index contributed by atoms with van der Waals surface area (Å²) in [6.45, 7) is 0.0354. The SMILES string of the molecule is COC(=O)C1=C[C@@H](C(=O)N[C@@H]2CCCc3ccccc32)N(C(=O)OCc2ccccc2)C1. The summed E-state index contributed by atoms with van der Waals surface area (Å²) in [5.74, 6) is -0.911. The van der Waals surface area contributed by atoms with Gasteiger partial charge in [0.05, 0.1) is 25.3 Å². The monoisotopic (exact) mass is 434 g/mol. The normalized spacial score (nSPS) is 19.5. The lowest BCUT2D eigenvalue weighted by atomic mass is 9.87. The van der Waals surface area contributed by atoms with E-state index < -0.39 is 18.1 Å². The van der Waals surface area contributed by atoms with Crippen molar-refractivity contribution in [1.82, 2.24) is 10.2 Å². The number of hydrogen-bond acceptors (Lipinski definition) is 5. The first kappa shape index (κ1) is 21.6. The Kier molecular flexibility index (Phi) is 6.54. The van der Waals surface area contributed by atoms with Crippen LogP contribution in [0.5, 0.6) is 0 Å². The maximum atomic E-state index is 13.2. The van der Waals surface area contributed by atoms with Crippen molar-refractivity contribution in [2.45, 2.75) is 38.0 Å². The summed E-state index contributed by atoms with van der Waals surface area (Å²) in [6.07, 6.45) is 3.60. The fraction of sp³-hybridized carbons (Fsp3) is 0.320. The van der Waals surface area contributed by atoms with Crippen LogP contribution in [0.25, 0.3) is 0 Å². The number of benzene rings is 2. The first-order chi connectivity index (χ1) is 15.6. The largest absolute Gasteiger partial charge is 0.466 e. The Morgan fingerprint density at radius 1 is 1.06 bits per heavy atom. The molecule has 7 nitrogen and oxygen atoms in total. The van der Waals surface area contributed by atoms with Gasteiger partial charge in [-0.15, -0.1) is 0 Å². The number of rotatable bonds is 5. The quantitative estimate of drug-likeness (QED) is 0.730. The molecular formula is C25H26N2O5. The van der Waals surface area contributed by atoms with Crippen LogP contribution < -0.4 is 5.32 Å². The number of fused-ring (bicyclic) bond motifs is 1. The number of aryl methyl sites for hydroxylation is 1. The highest BCUT2D eigenvalue weighted by molar-refractivity contribution is 5.96. The van der Waals surface area contributed by atoms with Crippen molar-refractivity contribution in [3.63, 3.8) is 0 Å². The number of hydrogen-bond donors (Lipinski definition) is 1. The first-order valence-electron chi connectivity index (χ1n) is 10.7. The maximum absolute atomic E-state index is 13.2. The molecule has 1 aliphatic carbocycles. The van der Waals surface area contributed by atoms with Crippen LogP contribution >= 0.6 is 0 Å². The van der Waals surface area contributed by atoms with Crippen molar-refractivity contribution >= 4 is 18.0 Å². The molecule has 4 rings (SSSR count). The van der Waals surface area contributed by atoms with Crippen LogP contribution in [0.15, 0.2) is 66.2 Å². The highest BCUT2D eigenvalue weighted by Gasteiger charge is 2.38. The van der Waals surface area contributed by atoms with Gasteiger partial charge in [-0.1, -0.05) is 54.6 Å². The van der Waals surface area contributed by atoms with Crippen molar-refractivity contribution in [1.29, 1.82) is 0 Å². The van der Waals surface area contributed by atoms with Crippen LogP contribution in [0.2, 0.25) is 0 Å². The third-order valence-electron chi connectivity index (χ3n) is 5.88. The zero-order chi connectivity index (χ0) is 22.5. The van der Waals surface area contributed by atoms with Gasteiger partial charge in [-0.05, 0) is 42.0 Å². The molecule has 0 saturated heterocycles. The number of nitrogens with one attached hydrogen (secondary N) is 1. The molecule has 0 fully saturated rings. The highest BCUT2D eigenvalue weighted by atomic mass is 16.6. The number of carbonyl (C=O) groups is 3. The molecule has 2 aromatic rings. The summed E-state index contributed by atoms with van der Waals surface area (Å²) in [5.41, 5.74) is 3.41. The van der Waals surface area contributed by atoms with Gasteiger partial charge in [0, 0.05) is 0 Å². The topological polar surface area (TPSA) is 84.9 Å². The van der Waals surface area contributed by atoms with Gasteiger partial charge in [-0.2, -0.15) is 0 Å². The van der Waals surface area contributed by atoms with Crippen LogP contribution in [-0.4, -0.2) is 42.6 Å². The molecule has 0 radical (unpaired) electrons. The van der Waals surface area contributed by atoms with Crippen molar-refractivity contribution < 1.29 is 23.9 Å². The Hall–Kier alpha value is -3.61. The Morgan fingerprint density at radius 2 is 1.81 bits per heavy atom. The summed E-state index contributed by atoms with van der Waals surface area (Å²) < 4.78 is 10.2. The third-order valence-corrected chi connectivity index (χ3v) is 5.88. The van der Waals surface area contributed by atoms with E-state index in [-0.39, 0.29) is 30.7 Å². The Bertz CT molecular complexity index is 1030. The van der Waals surface area contributed by atoms with Gasteiger partial charge in [0.2, 0.25) is 5.91 Å². The minimum atomic E-state index is -0.943. The fourth-order valence-corrected chi connectivity index (χ4v) is 4.24. The van der Waals surface area contributed by atoms with Gasteiger partial charge >= 0.3 is 12.1 Å². The van der Waals surface area contributed by atoms with Crippen molar-refractivity contribution in [2.24, 2.45) is 0 Å². The molecule has 1 heterocycles. The molecule has 2 atom stereocenters. The van der Waals surface area contributed by atoms with E-state index in [2.05, 4.69) is 11.4 Å². The molecule has 2 aromatic carbocycles. The predicted octanol–water partition coefficient (Wildman–Crippen LogP) is 3.30. The molecule has 0 aromatic heterocycles. The van der Waals surface area contributed by atoms with E-state index in [4.69, 9.17) is 9.47 Å². The minimum absolute atomic E-state index is 0.0420. The summed E-state index contributed by atoms with van der Waals surface area (Å²) >= 11 is 0. The van der Waals surface area contributed by atoms with Crippen LogP contribution in [-0.2, 0) is 32.1 Å². The fourth-order valence-electron chi connectivity index (χ4n) is 4.24. The van der Waals surface area contributed by atoms with E-state index in [1.54, 1.807) is 0 Å². The molecule has 0 saturated carbocycles. The number of esters is 1. The Labute approximate surface area is 187 Å². The molecule has 7 heteroatoms. The molecule has 1 aliphatic heterocycles.